The van der Waals surface area contributed by atoms with Crippen LogP contribution >= 0.6 is 11.6 Å². The van der Waals surface area contributed by atoms with Gasteiger partial charge in [-0.05, 0) is 25.1 Å². The van der Waals surface area contributed by atoms with Crippen molar-refractivity contribution in [1.82, 2.24) is 4.31 Å². The first kappa shape index (κ1) is 16.4. The standard InChI is InChI=1S/C12H13ClN2O4S/c1-8(7-14)19-12(16)10-6-9(4-5-11(10)13)20(17,18)15(2)3/h4-6,8H,1-3H3/t8-/m1/s1. The summed E-state index contributed by atoms with van der Waals surface area (Å²) >= 11 is 5.86. The molecule has 0 radical (unpaired) electrons. The van der Waals surface area contributed by atoms with E-state index in [1.807, 2.05) is 0 Å². The van der Waals surface area contributed by atoms with Gasteiger partial charge >= 0.3 is 5.97 Å². The normalized spacial score (nSPS) is 12.8. The molecule has 0 aliphatic rings. The molecule has 0 saturated carbocycles. The van der Waals surface area contributed by atoms with Crippen LogP contribution in [0.4, 0.5) is 0 Å². The Kier molecular flexibility index (Phi) is 5.11. The largest absolute Gasteiger partial charge is 0.444 e. The Morgan fingerprint density at radius 2 is 2.05 bits per heavy atom. The molecule has 1 aromatic rings. The van der Waals surface area contributed by atoms with Gasteiger partial charge in [-0.1, -0.05) is 11.6 Å². The van der Waals surface area contributed by atoms with Gasteiger partial charge in [-0.15, -0.1) is 0 Å². The van der Waals surface area contributed by atoms with Gasteiger partial charge in [-0.25, -0.2) is 17.5 Å². The van der Waals surface area contributed by atoms with Crippen molar-refractivity contribution in [3.05, 3.63) is 28.8 Å². The van der Waals surface area contributed by atoms with Crippen LogP contribution < -0.4 is 0 Å². The van der Waals surface area contributed by atoms with Gasteiger partial charge < -0.3 is 4.74 Å². The molecule has 0 fully saturated rings. The van der Waals surface area contributed by atoms with E-state index < -0.39 is 22.1 Å². The van der Waals surface area contributed by atoms with E-state index in [4.69, 9.17) is 21.6 Å². The van der Waals surface area contributed by atoms with E-state index >= 15 is 0 Å². The van der Waals surface area contributed by atoms with Crippen LogP contribution in [0.2, 0.25) is 5.02 Å². The summed E-state index contributed by atoms with van der Waals surface area (Å²) in [5.41, 5.74) is -0.100. The number of nitrogens with zero attached hydrogens (tertiary/aromatic N) is 2. The van der Waals surface area contributed by atoms with Crippen molar-refractivity contribution in [3.8, 4) is 6.07 Å². The lowest BCUT2D eigenvalue weighted by molar-refractivity contribution is 0.0435. The van der Waals surface area contributed by atoms with Crippen LogP contribution in [0.15, 0.2) is 23.1 Å². The third-order valence-electron chi connectivity index (χ3n) is 2.40. The molecule has 0 bridgehead atoms. The summed E-state index contributed by atoms with van der Waals surface area (Å²) < 4.78 is 29.8. The number of halogens is 1. The molecule has 1 aromatic carbocycles. The van der Waals surface area contributed by atoms with Crippen molar-refractivity contribution >= 4 is 27.6 Å². The fourth-order valence-electron chi connectivity index (χ4n) is 1.28. The minimum atomic E-state index is -3.68. The highest BCUT2D eigenvalue weighted by atomic mass is 35.5. The zero-order valence-corrected chi connectivity index (χ0v) is 12.7. The minimum absolute atomic E-state index is 0.0536. The number of carbonyl (C=O) groups is 1. The highest BCUT2D eigenvalue weighted by Gasteiger charge is 2.22. The topological polar surface area (TPSA) is 87.5 Å². The number of hydrogen-bond donors (Lipinski definition) is 0. The maximum atomic E-state index is 12.0. The lowest BCUT2D eigenvalue weighted by Gasteiger charge is -2.13. The van der Waals surface area contributed by atoms with Crippen LogP contribution in [0.25, 0.3) is 0 Å². The molecule has 1 rings (SSSR count). The maximum Gasteiger partial charge on any atom is 0.340 e. The van der Waals surface area contributed by atoms with Gasteiger partial charge in [-0.2, -0.15) is 5.26 Å². The molecule has 0 aromatic heterocycles. The molecule has 6 nitrogen and oxygen atoms in total. The van der Waals surface area contributed by atoms with E-state index in [0.29, 0.717) is 0 Å². The third kappa shape index (κ3) is 3.48. The highest BCUT2D eigenvalue weighted by molar-refractivity contribution is 7.89. The molecule has 0 aliphatic carbocycles. The summed E-state index contributed by atoms with van der Waals surface area (Å²) in [6, 6.07) is 5.46. The fourth-order valence-corrected chi connectivity index (χ4v) is 2.41. The molecule has 0 aliphatic heterocycles. The summed E-state index contributed by atoms with van der Waals surface area (Å²) in [6.45, 7) is 1.40. The van der Waals surface area contributed by atoms with E-state index in [2.05, 4.69) is 0 Å². The summed E-state index contributed by atoms with van der Waals surface area (Å²) in [5, 5.41) is 8.65. The first-order valence-electron chi connectivity index (χ1n) is 5.53. The summed E-state index contributed by atoms with van der Waals surface area (Å²) in [7, 11) is -0.932. The number of nitriles is 1. The second-order valence-electron chi connectivity index (χ2n) is 4.11. The predicted octanol–water partition coefficient (Wildman–Crippen LogP) is 1.66. The van der Waals surface area contributed by atoms with Crippen molar-refractivity contribution in [2.24, 2.45) is 0 Å². The minimum Gasteiger partial charge on any atom is -0.444 e. The average Bonchev–Trinajstić information content (AvgIpc) is 2.38. The number of esters is 1. The van der Waals surface area contributed by atoms with E-state index in [0.717, 1.165) is 10.4 Å². The van der Waals surface area contributed by atoms with Crippen LogP contribution in [0.1, 0.15) is 17.3 Å². The Hall–Kier alpha value is -1.62. The van der Waals surface area contributed by atoms with Gasteiger partial charge in [0.1, 0.15) is 6.07 Å². The summed E-state index contributed by atoms with van der Waals surface area (Å²) in [5.74, 6) is -0.847. The van der Waals surface area contributed by atoms with Crippen LogP contribution in [-0.2, 0) is 14.8 Å². The number of benzene rings is 1. The molecule has 20 heavy (non-hydrogen) atoms. The first-order chi connectivity index (χ1) is 9.20. The quantitative estimate of drug-likeness (QED) is 0.788. The molecule has 0 spiro atoms. The first-order valence-corrected chi connectivity index (χ1v) is 7.34. The van der Waals surface area contributed by atoms with Crippen molar-refractivity contribution in [2.45, 2.75) is 17.9 Å². The van der Waals surface area contributed by atoms with E-state index in [9.17, 15) is 13.2 Å². The van der Waals surface area contributed by atoms with E-state index in [1.165, 1.54) is 33.2 Å². The molecule has 0 N–H and O–H groups in total. The van der Waals surface area contributed by atoms with Crippen molar-refractivity contribution in [1.29, 1.82) is 5.26 Å². The molecule has 108 valence electrons. The lowest BCUT2D eigenvalue weighted by atomic mass is 10.2. The molecule has 1 atom stereocenters. The Bertz CT molecular complexity index is 665. The number of carbonyl (C=O) groups excluding carboxylic acids is 1. The monoisotopic (exact) mass is 316 g/mol. The maximum absolute atomic E-state index is 12.0. The SMILES string of the molecule is C[C@H](C#N)OC(=O)c1cc(S(=O)(=O)N(C)C)ccc1Cl. The van der Waals surface area contributed by atoms with Gasteiger partial charge in [0, 0.05) is 14.1 Å². The zero-order chi connectivity index (χ0) is 15.5. The van der Waals surface area contributed by atoms with Crippen LogP contribution in [0.3, 0.4) is 0 Å². The molecule has 0 saturated heterocycles. The number of ether oxygens (including phenoxy) is 1. The van der Waals surface area contributed by atoms with Crippen molar-refractivity contribution < 1.29 is 17.9 Å². The summed E-state index contributed by atoms with van der Waals surface area (Å²) in [6.07, 6.45) is -0.951. The fraction of sp³-hybridized carbons (Fsp3) is 0.333. The van der Waals surface area contributed by atoms with Gasteiger partial charge in [0.05, 0.1) is 15.5 Å². The predicted molar refractivity (Wildman–Crippen MR) is 72.8 cm³/mol. The lowest BCUT2D eigenvalue weighted by Crippen LogP contribution is -2.22. The Morgan fingerprint density at radius 3 is 2.55 bits per heavy atom. The zero-order valence-electron chi connectivity index (χ0n) is 11.1. The van der Waals surface area contributed by atoms with Gasteiger partial charge in [0.2, 0.25) is 10.0 Å². The smallest absolute Gasteiger partial charge is 0.340 e. The van der Waals surface area contributed by atoms with Gasteiger partial charge in [0.15, 0.2) is 6.10 Å². The molecular formula is C12H13ClN2O4S. The van der Waals surface area contributed by atoms with Crippen LogP contribution in [-0.4, -0.2) is 38.9 Å². The van der Waals surface area contributed by atoms with Gasteiger partial charge in [0.25, 0.3) is 0 Å². The van der Waals surface area contributed by atoms with E-state index in [1.54, 1.807) is 6.07 Å². The van der Waals surface area contributed by atoms with Crippen molar-refractivity contribution in [3.63, 3.8) is 0 Å². The molecule has 8 heteroatoms. The Morgan fingerprint density at radius 1 is 1.45 bits per heavy atom. The third-order valence-corrected chi connectivity index (χ3v) is 4.54. The second kappa shape index (κ2) is 6.22. The van der Waals surface area contributed by atoms with Crippen LogP contribution in [0.5, 0.6) is 0 Å². The molecule has 0 amide bonds. The number of hydrogen-bond acceptors (Lipinski definition) is 5. The summed E-state index contributed by atoms with van der Waals surface area (Å²) in [4.78, 5) is 11.7. The Balaban J connectivity index is 3.24. The Labute approximate surface area is 122 Å². The van der Waals surface area contributed by atoms with E-state index in [-0.39, 0.29) is 15.5 Å². The van der Waals surface area contributed by atoms with Crippen molar-refractivity contribution in [2.75, 3.05) is 14.1 Å². The molecular weight excluding hydrogens is 304 g/mol. The number of rotatable bonds is 4. The highest BCUT2D eigenvalue weighted by Crippen LogP contribution is 2.23. The second-order valence-corrected chi connectivity index (χ2v) is 6.66. The van der Waals surface area contributed by atoms with Gasteiger partial charge in [-0.3, -0.25) is 0 Å². The van der Waals surface area contributed by atoms with Crippen LogP contribution in [0, 0.1) is 11.3 Å². The molecule has 0 heterocycles. The average molecular weight is 317 g/mol. The number of sulfonamides is 1. The molecule has 0 unspecified atom stereocenters.